The first-order valence-corrected chi connectivity index (χ1v) is 13.1. The lowest BCUT2D eigenvalue weighted by Crippen LogP contribution is -2.11. The molecule has 0 aliphatic rings. The topological polar surface area (TPSA) is 58.4 Å². The van der Waals surface area contributed by atoms with Gasteiger partial charge in [0, 0.05) is 16.7 Å². The van der Waals surface area contributed by atoms with Crippen LogP contribution in [0.3, 0.4) is 0 Å². The molecule has 0 atom stereocenters. The van der Waals surface area contributed by atoms with Crippen LogP contribution in [0.15, 0.2) is 28.7 Å². The number of halogens is 2. The van der Waals surface area contributed by atoms with Gasteiger partial charge in [0.2, 0.25) is 0 Å². The molecule has 0 amide bonds. The van der Waals surface area contributed by atoms with Crippen LogP contribution in [0.2, 0.25) is 5.15 Å². The first kappa shape index (κ1) is 22.2. The van der Waals surface area contributed by atoms with E-state index in [1.54, 1.807) is 20.3 Å². The second-order valence-corrected chi connectivity index (χ2v) is 13.2. The minimum Gasteiger partial charge on any atom is -0.493 e. The Hall–Kier alpha value is -1.48. The number of methoxy groups -OCH3 is 2. The molecule has 0 aliphatic heterocycles. The summed E-state index contributed by atoms with van der Waals surface area (Å²) in [7, 11) is 2.62. The van der Waals surface area contributed by atoms with Crippen molar-refractivity contribution < 1.29 is 14.2 Å². The third kappa shape index (κ3) is 4.99. The summed E-state index contributed by atoms with van der Waals surface area (Å²) in [6, 6.07) is 7.59. The molecule has 0 spiro atoms. The molecule has 0 N–H and O–H groups in total. The lowest BCUT2D eigenvalue weighted by molar-refractivity contribution is 0.0933. The number of nitrogens with zero attached hydrogens (tertiary/aromatic N) is 3. The highest BCUT2D eigenvalue weighted by Crippen LogP contribution is 2.41. The van der Waals surface area contributed by atoms with Gasteiger partial charge in [-0.3, -0.25) is 4.57 Å². The summed E-state index contributed by atoms with van der Waals surface area (Å²) in [5.74, 6) is 2.36. The first-order valence-electron chi connectivity index (χ1n) is 8.92. The number of aromatic nitrogens is 3. The van der Waals surface area contributed by atoms with E-state index in [9.17, 15) is 0 Å². The van der Waals surface area contributed by atoms with Crippen molar-refractivity contribution in [3.63, 3.8) is 0 Å². The van der Waals surface area contributed by atoms with Crippen LogP contribution in [0, 0.1) is 0 Å². The molecule has 0 bridgehead atoms. The van der Waals surface area contributed by atoms with Gasteiger partial charge in [0.25, 0.3) is 0 Å². The van der Waals surface area contributed by atoms with Crippen molar-refractivity contribution >= 4 is 48.6 Å². The lowest BCUT2D eigenvalue weighted by atomic mass is 10.1. The van der Waals surface area contributed by atoms with Crippen LogP contribution in [0.1, 0.15) is 0 Å². The highest BCUT2D eigenvalue weighted by Gasteiger charge is 2.20. The Morgan fingerprint density at radius 3 is 2.45 bits per heavy atom. The van der Waals surface area contributed by atoms with Gasteiger partial charge in [0.05, 0.1) is 31.0 Å². The van der Waals surface area contributed by atoms with Gasteiger partial charge in [-0.2, -0.15) is 0 Å². The third-order valence-electron chi connectivity index (χ3n) is 4.43. The van der Waals surface area contributed by atoms with Crippen molar-refractivity contribution in [2.75, 3.05) is 45.3 Å². The van der Waals surface area contributed by atoms with E-state index in [0.29, 0.717) is 35.6 Å². The van der Waals surface area contributed by atoms with Crippen molar-refractivity contribution in [2.45, 2.75) is 6.73 Å². The average molecular weight is 503 g/mol. The predicted molar refractivity (Wildman–Crippen MR) is 125 cm³/mol. The Morgan fingerprint density at radius 1 is 1.07 bits per heavy atom. The second kappa shape index (κ2) is 9.12. The molecule has 3 rings (SSSR count). The fourth-order valence-electron chi connectivity index (χ4n) is 2.93. The quantitative estimate of drug-likeness (QED) is 0.396. The first-order chi connectivity index (χ1) is 13.7. The molecule has 0 unspecified atom stereocenters. The van der Waals surface area contributed by atoms with Crippen molar-refractivity contribution in [2.24, 2.45) is 0 Å². The van der Waals surface area contributed by atoms with Gasteiger partial charge >= 0.3 is 0 Å². The molecule has 29 heavy (non-hydrogen) atoms. The molecule has 6 nitrogen and oxygen atoms in total. The summed E-state index contributed by atoms with van der Waals surface area (Å²) in [5.41, 5.74) is 2.56. The van der Waals surface area contributed by atoms with Crippen LogP contribution in [0.4, 0.5) is 0 Å². The van der Waals surface area contributed by atoms with E-state index in [2.05, 4.69) is 44.9 Å². The van der Waals surface area contributed by atoms with Crippen LogP contribution >= 0.6 is 37.6 Å². The van der Waals surface area contributed by atoms with Crippen LogP contribution in [-0.2, 0) is 11.5 Å². The number of benzene rings is 1. The maximum absolute atomic E-state index is 6.09. The average Bonchev–Trinajstić information content (AvgIpc) is 2.95. The Bertz CT molecular complexity index is 1020. The summed E-state index contributed by atoms with van der Waals surface area (Å²) in [5, 5.41) is 9.55. The van der Waals surface area contributed by atoms with Gasteiger partial charge < -0.3 is 14.2 Å². The third-order valence-corrected chi connectivity index (χ3v) is 6.81. The van der Waals surface area contributed by atoms with Crippen LogP contribution in [-0.4, -0.2) is 60.1 Å². The molecule has 0 radical (unpaired) electrons. The number of rotatable bonds is 8. The molecule has 0 saturated carbocycles. The Morgan fingerprint density at radius 2 is 1.79 bits per heavy atom. The largest absolute Gasteiger partial charge is 0.493 e. The van der Waals surface area contributed by atoms with E-state index >= 15 is 0 Å². The molecular weight excluding hydrogens is 478 g/mol. The van der Waals surface area contributed by atoms with Crippen molar-refractivity contribution in [3.05, 3.63) is 33.9 Å². The molecule has 0 aliphatic carbocycles. The summed E-state index contributed by atoms with van der Waals surface area (Å²) in [6.45, 7) is 1.04. The maximum atomic E-state index is 6.09. The molecule has 1 aromatic carbocycles. The van der Waals surface area contributed by atoms with E-state index < -0.39 is 10.0 Å². The van der Waals surface area contributed by atoms with Gasteiger partial charge in [0.1, 0.15) is 6.73 Å². The number of hydrogen-bond donors (Lipinski definition) is 0. The smallest absolute Gasteiger partial charge is 0.166 e. The van der Waals surface area contributed by atoms with E-state index in [1.807, 2.05) is 22.8 Å². The van der Waals surface area contributed by atoms with Crippen LogP contribution in [0.5, 0.6) is 11.5 Å². The fraction of sp³-hybridized carbons (Fsp3) is 0.400. The molecule has 0 saturated heterocycles. The molecule has 9 heteroatoms. The zero-order chi connectivity index (χ0) is 21.2. The molecule has 158 valence electrons. The van der Waals surface area contributed by atoms with Gasteiger partial charge in [0.15, 0.2) is 22.3 Å². The Kier molecular flexibility index (Phi) is 6.98. The van der Waals surface area contributed by atoms with E-state index in [0.717, 1.165) is 26.9 Å². The predicted octanol–water partition coefficient (Wildman–Crippen LogP) is 5.20. The van der Waals surface area contributed by atoms with Gasteiger partial charge in [-0.15, -0.1) is 10.2 Å². The molecule has 0 fully saturated rings. The molecular formula is C20H25BrClN3O3S. The van der Waals surface area contributed by atoms with E-state index in [4.69, 9.17) is 25.8 Å². The summed E-state index contributed by atoms with van der Waals surface area (Å²) < 4.78 is 19.7. The summed E-state index contributed by atoms with van der Waals surface area (Å²) in [4.78, 5) is 0. The van der Waals surface area contributed by atoms with Crippen LogP contribution < -0.4 is 9.47 Å². The van der Waals surface area contributed by atoms with E-state index in [-0.39, 0.29) is 0 Å². The molecule has 2 aromatic heterocycles. The van der Waals surface area contributed by atoms with Crippen molar-refractivity contribution in [3.8, 4) is 22.8 Å². The van der Waals surface area contributed by atoms with Crippen LogP contribution in [0.25, 0.3) is 22.3 Å². The Balaban J connectivity index is 2.06. The van der Waals surface area contributed by atoms with Gasteiger partial charge in [-0.1, -0.05) is 11.6 Å². The Labute approximate surface area is 185 Å². The normalized spacial score (nSPS) is 12.4. The summed E-state index contributed by atoms with van der Waals surface area (Å²) in [6.07, 6.45) is 6.83. The molecule has 2 heterocycles. The standard InChI is InChI=1S/C20H25BrClN3O3S/c1-26-15-7-6-13(10-16(15)27-2)19-18(21)14-11-17(22)23-24-20(14)25(19)12-28-8-9-29(3,4)5/h6-7,10-11H,8-9,12H2,1-5H3. The van der Waals surface area contributed by atoms with Crippen molar-refractivity contribution in [1.29, 1.82) is 0 Å². The van der Waals surface area contributed by atoms with E-state index in [1.165, 1.54) is 0 Å². The maximum Gasteiger partial charge on any atom is 0.166 e. The second-order valence-electron chi connectivity index (χ2n) is 7.40. The minimum atomic E-state index is -0.620. The zero-order valence-electron chi connectivity index (χ0n) is 17.2. The SMILES string of the molecule is COc1ccc(-c2c(Br)c3cc(Cl)nnc3n2COCCS(C)(C)C)cc1OC. The highest BCUT2D eigenvalue weighted by molar-refractivity contribution is 9.10. The number of fused-ring (bicyclic) bond motifs is 1. The fourth-order valence-corrected chi connectivity index (χ4v) is 4.43. The van der Waals surface area contributed by atoms with Gasteiger partial charge in [-0.05, 0) is 59.0 Å². The number of ether oxygens (including phenoxy) is 3. The summed E-state index contributed by atoms with van der Waals surface area (Å²) >= 11 is 9.82. The van der Waals surface area contributed by atoms with Gasteiger partial charge in [-0.25, -0.2) is 10.0 Å². The number of hydrogen-bond acceptors (Lipinski definition) is 5. The molecule has 3 aromatic rings. The minimum absolute atomic E-state index is 0.339. The van der Waals surface area contributed by atoms with Crippen molar-refractivity contribution in [1.82, 2.24) is 14.8 Å². The lowest BCUT2D eigenvalue weighted by Gasteiger charge is -2.24. The highest BCUT2D eigenvalue weighted by atomic mass is 79.9. The zero-order valence-corrected chi connectivity index (χ0v) is 20.3. The monoisotopic (exact) mass is 501 g/mol.